The Morgan fingerprint density at radius 2 is 2.27 bits per heavy atom. The first kappa shape index (κ1) is 8.84. The number of aromatic nitrogens is 5. The fraction of sp³-hybridized carbons (Fsp3) is 0.500. The van der Waals surface area contributed by atoms with Gasteiger partial charge in [0.1, 0.15) is 0 Å². The van der Waals surface area contributed by atoms with E-state index in [0.717, 1.165) is 18.7 Å². The third-order valence-corrected chi connectivity index (χ3v) is 2.90. The van der Waals surface area contributed by atoms with Crippen molar-refractivity contribution < 1.29 is 0 Å². The highest BCUT2D eigenvalue weighted by atomic mass is 35.5. The van der Waals surface area contributed by atoms with E-state index in [2.05, 4.69) is 25.8 Å². The lowest BCUT2D eigenvalue weighted by atomic mass is 9.92. The number of anilines is 1. The van der Waals surface area contributed by atoms with Crippen molar-refractivity contribution in [3.8, 4) is 0 Å². The zero-order chi connectivity index (χ0) is 10.3. The second-order valence-electron chi connectivity index (χ2n) is 3.65. The highest BCUT2D eigenvalue weighted by molar-refractivity contribution is 6.21. The first-order chi connectivity index (χ1) is 7.33. The van der Waals surface area contributed by atoms with Gasteiger partial charge < -0.3 is 5.32 Å². The maximum atomic E-state index is 5.90. The molecule has 0 bridgehead atoms. The molecule has 15 heavy (non-hydrogen) atoms. The number of alkyl halides is 1. The van der Waals surface area contributed by atoms with Crippen LogP contribution in [0.4, 0.5) is 5.82 Å². The molecule has 0 spiro atoms. The zero-order valence-electron chi connectivity index (χ0n) is 7.84. The SMILES string of the molecule is ClC1CC(Nc2cncc3nnnn23)C1. The van der Waals surface area contributed by atoms with Gasteiger partial charge in [0, 0.05) is 11.4 Å². The van der Waals surface area contributed by atoms with E-state index in [1.807, 2.05) is 0 Å². The quantitative estimate of drug-likeness (QED) is 0.761. The Kier molecular flexibility index (Phi) is 1.95. The van der Waals surface area contributed by atoms with Crippen LogP contribution in [0, 0.1) is 0 Å². The lowest BCUT2D eigenvalue weighted by Gasteiger charge is -2.31. The van der Waals surface area contributed by atoms with Crippen molar-refractivity contribution in [3.05, 3.63) is 12.4 Å². The summed E-state index contributed by atoms with van der Waals surface area (Å²) >= 11 is 5.90. The fourth-order valence-corrected chi connectivity index (χ4v) is 2.08. The van der Waals surface area contributed by atoms with Crippen molar-refractivity contribution in [1.82, 2.24) is 25.0 Å². The molecule has 2 aromatic heterocycles. The molecule has 1 fully saturated rings. The lowest BCUT2D eigenvalue weighted by Crippen LogP contribution is -2.36. The van der Waals surface area contributed by atoms with E-state index >= 15 is 0 Å². The van der Waals surface area contributed by atoms with E-state index in [1.165, 1.54) is 0 Å². The summed E-state index contributed by atoms with van der Waals surface area (Å²) in [6.45, 7) is 0. The Morgan fingerprint density at radius 3 is 3.07 bits per heavy atom. The van der Waals surface area contributed by atoms with Crippen LogP contribution in [0.25, 0.3) is 5.65 Å². The molecule has 6 nitrogen and oxygen atoms in total. The highest BCUT2D eigenvalue weighted by Crippen LogP contribution is 2.28. The van der Waals surface area contributed by atoms with Gasteiger partial charge in [-0.25, -0.2) is 0 Å². The third kappa shape index (κ3) is 1.50. The summed E-state index contributed by atoms with van der Waals surface area (Å²) in [7, 11) is 0. The maximum absolute atomic E-state index is 5.90. The lowest BCUT2D eigenvalue weighted by molar-refractivity contribution is 0.452. The summed E-state index contributed by atoms with van der Waals surface area (Å²) in [6.07, 6.45) is 5.28. The Morgan fingerprint density at radius 1 is 1.40 bits per heavy atom. The second kappa shape index (κ2) is 3.30. The molecule has 1 N–H and O–H groups in total. The third-order valence-electron chi connectivity index (χ3n) is 2.54. The van der Waals surface area contributed by atoms with Crippen LogP contribution in [0.2, 0.25) is 0 Å². The summed E-state index contributed by atoms with van der Waals surface area (Å²) < 4.78 is 1.63. The average molecular weight is 225 g/mol. The molecule has 0 amide bonds. The van der Waals surface area contributed by atoms with E-state index in [4.69, 9.17) is 11.6 Å². The van der Waals surface area contributed by atoms with Crippen molar-refractivity contribution in [2.24, 2.45) is 0 Å². The Balaban J connectivity index is 1.87. The molecular formula is C8H9ClN6. The van der Waals surface area contributed by atoms with E-state index in [9.17, 15) is 0 Å². The molecule has 2 heterocycles. The van der Waals surface area contributed by atoms with Gasteiger partial charge in [-0.15, -0.1) is 16.7 Å². The van der Waals surface area contributed by atoms with Gasteiger partial charge in [-0.2, -0.15) is 4.52 Å². The molecule has 1 aliphatic rings. The van der Waals surface area contributed by atoms with Crippen LogP contribution >= 0.6 is 11.6 Å². The standard InChI is InChI=1S/C8H9ClN6/c9-5-1-6(2-5)11-7-3-10-4-8-12-13-14-15(7)8/h3-6,11H,1-2H2. The second-order valence-corrected chi connectivity index (χ2v) is 4.27. The summed E-state index contributed by atoms with van der Waals surface area (Å²) in [5, 5.41) is 14.9. The van der Waals surface area contributed by atoms with Crippen LogP contribution in [0.15, 0.2) is 12.4 Å². The number of rotatable bonds is 2. The zero-order valence-corrected chi connectivity index (χ0v) is 8.59. The van der Waals surface area contributed by atoms with E-state index in [1.54, 1.807) is 16.9 Å². The van der Waals surface area contributed by atoms with Gasteiger partial charge in [0.2, 0.25) is 0 Å². The molecular weight excluding hydrogens is 216 g/mol. The van der Waals surface area contributed by atoms with Crippen LogP contribution in [0.1, 0.15) is 12.8 Å². The predicted molar refractivity (Wildman–Crippen MR) is 54.9 cm³/mol. The predicted octanol–water partition coefficient (Wildman–Crippen LogP) is 0.701. The molecule has 0 radical (unpaired) electrons. The Hall–Kier alpha value is -1.43. The highest BCUT2D eigenvalue weighted by Gasteiger charge is 2.27. The molecule has 0 unspecified atom stereocenters. The normalized spacial score (nSPS) is 25.1. The van der Waals surface area contributed by atoms with Gasteiger partial charge in [-0.1, -0.05) is 0 Å². The number of tetrazole rings is 1. The molecule has 1 aliphatic carbocycles. The monoisotopic (exact) mass is 224 g/mol. The summed E-state index contributed by atoms with van der Waals surface area (Å²) in [5.74, 6) is 0.811. The van der Waals surface area contributed by atoms with Crippen LogP contribution in [-0.4, -0.2) is 36.4 Å². The summed E-state index contributed by atoms with van der Waals surface area (Å²) in [4.78, 5) is 4.06. The number of nitrogens with one attached hydrogen (secondary N) is 1. The number of fused-ring (bicyclic) bond motifs is 1. The smallest absolute Gasteiger partial charge is 0.199 e. The molecule has 0 aliphatic heterocycles. The average Bonchev–Trinajstić information content (AvgIpc) is 2.64. The van der Waals surface area contributed by atoms with Crippen molar-refractivity contribution in [3.63, 3.8) is 0 Å². The minimum atomic E-state index is 0.295. The minimum absolute atomic E-state index is 0.295. The number of halogens is 1. The van der Waals surface area contributed by atoms with E-state index < -0.39 is 0 Å². The van der Waals surface area contributed by atoms with Gasteiger partial charge in [-0.05, 0) is 23.3 Å². The topological polar surface area (TPSA) is 68.0 Å². The van der Waals surface area contributed by atoms with Gasteiger partial charge in [0.15, 0.2) is 11.5 Å². The summed E-state index contributed by atoms with van der Waals surface area (Å²) in [5.41, 5.74) is 0.641. The fourth-order valence-electron chi connectivity index (χ4n) is 1.65. The van der Waals surface area contributed by atoms with Crippen molar-refractivity contribution in [2.45, 2.75) is 24.3 Å². The first-order valence-electron chi connectivity index (χ1n) is 4.75. The van der Waals surface area contributed by atoms with Gasteiger partial charge in [-0.3, -0.25) is 4.98 Å². The minimum Gasteiger partial charge on any atom is -0.366 e. The van der Waals surface area contributed by atoms with Crippen LogP contribution < -0.4 is 5.32 Å². The van der Waals surface area contributed by atoms with Gasteiger partial charge in [0.25, 0.3) is 0 Å². The largest absolute Gasteiger partial charge is 0.366 e. The molecule has 78 valence electrons. The molecule has 7 heteroatoms. The molecule has 3 rings (SSSR count). The van der Waals surface area contributed by atoms with Crippen LogP contribution in [0.3, 0.4) is 0 Å². The van der Waals surface area contributed by atoms with Crippen LogP contribution in [0.5, 0.6) is 0 Å². The Bertz CT molecular complexity index is 477. The number of hydrogen-bond donors (Lipinski definition) is 1. The van der Waals surface area contributed by atoms with E-state index in [-0.39, 0.29) is 0 Å². The van der Waals surface area contributed by atoms with Crippen molar-refractivity contribution >= 4 is 23.1 Å². The van der Waals surface area contributed by atoms with Gasteiger partial charge in [0.05, 0.1) is 12.4 Å². The number of hydrogen-bond acceptors (Lipinski definition) is 5. The molecule has 0 saturated heterocycles. The number of nitrogens with zero attached hydrogens (tertiary/aromatic N) is 5. The Labute approximate surface area is 90.6 Å². The molecule has 0 atom stereocenters. The van der Waals surface area contributed by atoms with Gasteiger partial charge >= 0.3 is 0 Å². The molecule has 1 saturated carbocycles. The molecule has 0 aromatic carbocycles. The maximum Gasteiger partial charge on any atom is 0.199 e. The van der Waals surface area contributed by atoms with Crippen LogP contribution in [-0.2, 0) is 0 Å². The van der Waals surface area contributed by atoms with Crippen molar-refractivity contribution in [2.75, 3.05) is 5.32 Å². The summed E-state index contributed by atoms with van der Waals surface area (Å²) in [6, 6.07) is 0.407. The molecule has 2 aromatic rings. The van der Waals surface area contributed by atoms with E-state index in [0.29, 0.717) is 17.1 Å². The first-order valence-corrected chi connectivity index (χ1v) is 5.19. The van der Waals surface area contributed by atoms with Crippen molar-refractivity contribution in [1.29, 1.82) is 0 Å².